The monoisotopic (exact) mass is 335 g/mol. The van der Waals surface area contributed by atoms with Crippen LogP contribution in [-0.2, 0) is 0 Å². The predicted molar refractivity (Wildman–Crippen MR) is 96.4 cm³/mol. The zero-order valence-corrected chi connectivity index (χ0v) is 14.3. The fraction of sp³-hybridized carbons (Fsp3) is 0.368. The minimum atomic E-state index is -0.302. The summed E-state index contributed by atoms with van der Waals surface area (Å²) in [5.41, 5.74) is 1.40. The van der Waals surface area contributed by atoms with Gasteiger partial charge in [-0.2, -0.15) is 5.26 Å². The van der Waals surface area contributed by atoms with Crippen molar-refractivity contribution in [2.45, 2.75) is 38.6 Å². The molecule has 1 unspecified atom stereocenters. The SMILES string of the molecule is CCC1CCCCN1c1nccc(C(=O)Nc2cccc(C#N)c2)n1. The van der Waals surface area contributed by atoms with Crippen LogP contribution >= 0.6 is 0 Å². The van der Waals surface area contributed by atoms with Crippen LogP contribution in [0, 0.1) is 11.3 Å². The second kappa shape index (κ2) is 7.75. The maximum Gasteiger partial charge on any atom is 0.274 e. The number of carbonyl (C=O) groups excluding carboxylic acids is 1. The molecule has 0 aliphatic carbocycles. The Labute approximate surface area is 147 Å². The van der Waals surface area contributed by atoms with Gasteiger partial charge in [0.2, 0.25) is 5.95 Å². The van der Waals surface area contributed by atoms with Crippen LogP contribution in [0.1, 0.15) is 48.7 Å². The summed E-state index contributed by atoms with van der Waals surface area (Å²) in [6, 6.07) is 10.9. The number of anilines is 2. The van der Waals surface area contributed by atoms with Gasteiger partial charge in [0.15, 0.2) is 0 Å². The Kier molecular flexibility index (Phi) is 5.24. The molecule has 2 heterocycles. The maximum atomic E-state index is 12.5. The molecule has 1 aliphatic rings. The van der Waals surface area contributed by atoms with Crippen molar-refractivity contribution < 1.29 is 4.79 Å². The number of nitrogens with one attached hydrogen (secondary N) is 1. The third kappa shape index (κ3) is 3.94. The van der Waals surface area contributed by atoms with Crippen molar-refractivity contribution >= 4 is 17.5 Å². The summed E-state index contributed by atoms with van der Waals surface area (Å²) in [6.07, 6.45) is 6.16. The third-order valence-corrected chi connectivity index (χ3v) is 4.48. The summed E-state index contributed by atoms with van der Waals surface area (Å²) in [7, 11) is 0. The average Bonchev–Trinajstić information content (AvgIpc) is 2.68. The average molecular weight is 335 g/mol. The fourth-order valence-corrected chi connectivity index (χ4v) is 3.16. The smallest absolute Gasteiger partial charge is 0.274 e. The highest BCUT2D eigenvalue weighted by Crippen LogP contribution is 2.23. The number of rotatable bonds is 4. The maximum absolute atomic E-state index is 12.5. The van der Waals surface area contributed by atoms with Gasteiger partial charge in [-0.15, -0.1) is 0 Å². The van der Waals surface area contributed by atoms with Gasteiger partial charge < -0.3 is 10.2 Å². The lowest BCUT2D eigenvalue weighted by Gasteiger charge is -2.35. The Morgan fingerprint density at radius 2 is 2.28 bits per heavy atom. The largest absolute Gasteiger partial charge is 0.338 e. The third-order valence-electron chi connectivity index (χ3n) is 4.48. The molecule has 1 N–H and O–H groups in total. The Balaban J connectivity index is 1.78. The van der Waals surface area contributed by atoms with Crippen LogP contribution in [0.3, 0.4) is 0 Å². The van der Waals surface area contributed by atoms with Gasteiger partial charge in [0.25, 0.3) is 5.91 Å². The summed E-state index contributed by atoms with van der Waals surface area (Å²) in [6.45, 7) is 3.09. The Morgan fingerprint density at radius 3 is 3.08 bits per heavy atom. The van der Waals surface area contributed by atoms with E-state index in [2.05, 4.69) is 33.2 Å². The minimum Gasteiger partial charge on any atom is -0.338 e. The minimum absolute atomic E-state index is 0.302. The Bertz CT molecular complexity index is 798. The number of carbonyl (C=O) groups is 1. The highest BCUT2D eigenvalue weighted by molar-refractivity contribution is 6.03. The summed E-state index contributed by atoms with van der Waals surface area (Å²) >= 11 is 0. The molecule has 25 heavy (non-hydrogen) atoms. The van der Waals surface area contributed by atoms with Gasteiger partial charge in [-0.05, 0) is 49.9 Å². The zero-order valence-electron chi connectivity index (χ0n) is 14.3. The van der Waals surface area contributed by atoms with E-state index < -0.39 is 0 Å². The van der Waals surface area contributed by atoms with Crippen molar-refractivity contribution in [3.8, 4) is 6.07 Å². The molecule has 6 nitrogen and oxygen atoms in total. The molecule has 1 saturated heterocycles. The number of hydrogen-bond donors (Lipinski definition) is 1. The normalized spacial score (nSPS) is 17.0. The van der Waals surface area contributed by atoms with E-state index >= 15 is 0 Å². The fourth-order valence-electron chi connectivity index (χ4n) is 3.16. The summed E-state index contributed by atoms with van der Waals surface area (Å²) in [5.74, 6) is 0.314. The van der Waals surface area contributed by atoms with Crippen molar-refractivity contribution in [2.75, 3.05) is 16.8 Å². The standard InChI is InChI=1S/C19H21N5O/c1-2-16-8-3-4-11-24(16)19-21-10-9-17(23-19)18(25)22-15-7-5-6-14(12-15)13-20/h5-7,9-10,12,16H,2-4,8,11H2,1H3,(H,22,25). The van der Waals surface area contributed by atoms with Crippen LogP contribution in [0.15, 0.2) is 36.5 Å². The van der Waals surface area contributed by atoms with Gasteiger partial charge in [-0.3, -0.25) is 4.79 Å². The van der Waals surface area contributed by atoms with E-state index in [4.69, 9.17) is 5.26 Å². The molecule has 1 atom stereocenters. The Morgan fingerprint density at radius 1 is 1.40 bits per heavy atom. The van der Waals surface area contributed by atoms with Crippen molar-refractivity contribution in [2.24, 2.45) is 0 Å². The van der Waals surface area contributed by atoms with Crippen LogP contribution in [0.5, 0.6) is 0 Å². The molecule has 0 radical (unpaired) electrons. The van der Waals surface area contributed by atoms with Gasteiger partial charge in [0.05, 0.1) is 11.6 Å². The summed E-state index contributed by atoms with van der Waals surface area (Å²) in [4.78, 5) is 23.5. The molecule has 1 amide bonds. The first-order valence-electron chi connectivity index (χ1n) is 8.62. The van der Waals surface area contributed by atoms with Crippen LogP contribution in [-0.4, -0.2) is 28.5 Å². The lowest BCUT2D eigenvalue weighted by atomic mass is 10.0. The lowest BCUT2D eigenvalue weighted by Crippen LogP contribution is -2.40. The van der Waals surface area contributed by atoms with Crippen molar-refractivity contribution in [1.29, 1.82) is 5.26 Å². The second-order valence-electron chi connectivity index (χ2n) is 6.14. The molecule has 0 bridgehead atoms. The molecule has 1 fully saturated rings. The predicted octanol–water partition coefficient (Wildman–Crippen LogP) is 3.37. The first-order valence-corrected chi connectivity index (χ1v) is 8.62. The van der Waals surface area contributed by atoms with E-state index in [9.17, 15) is 4.79 Å². The molecule has 128 valence electrons. The van der Waals surface area contributed by atoms with E-state index in [0.29, 0.717) is 28.9 Å². The number of nitrogens with zero attached hydrogens (tertiary/aromatic N) is 4. The number of nitriles is 1. The van der Waals surface area contributed by atoms with Crippen LogP contribution < -0.4 is 10.2 Å². The second-order valence-corrected chi connectivity index (χ2v) is 6.14. The first-order chi connectivity index (χ1) is 12.2. The molecule has 1 aliphatic heterocycles. The first kappa shape index (κ1) is 16.9. The van der Waals surface area contributed by atoms with Crippen LogP contribution in [0.2, 0.25) is 0 Å². The molecule has 2 aromatic rings. The summed E-state index contributed by atoms with van der Waals surface area (Å²) in [5, 5.41) is 11.7. The number of aromatic nitrogens is 2. The van der Waals surface area contributed by atoms with Crippen LogP contribution in [0.4, 0.5) is 11.6 Å². The topological polar surface area (TPSA) is 81.9 Å². The van der Waals surface area contributed by atoms with Gasteiger partial charge in [-0.25, -0.2) is 9.97 Å². The lowest BCUT2D eigenvalue weighted by molar-refractivity contribution is 0.102. The van der Waals surface area contributed by atoms with Crippen molar-refractivity contribution in [1.82, 2.24) is 9.97 Å². The van der Waals surface area contributed by atoms with E-state index in [0.717, 1.165) is 25.8 Å². The van der Waals surface area contributed by atoms with E-state index in [-0.39, 0.29) is 5.91 Å². The van der Waals surface area contributed by atoms with E-state index in [1.807, 2.05) is 0 Å². The van der Waals surface area contributed by atoms with Crippen molar-refractivity contribution in [3.05, 3.63) is 47.8 Å². The molecule has 0 saturated carbocycles. The number of amides is 1. The zero-order chi connectivity index (χ0) is 17.6. The molecule has 1 aromatic carbocycles. The molecule has 0 spiro atoms. The highest BCUT2D eigenvalue weighted by atomic mass is 16.1. The van der Waals surface area contributed by atoms with E-state index in [1.54, 1.807) is 36.5 Å². The molecule has 3 rings (SSSR count). The van der Waals surface area contributed by atoms with Gasteiger partial charge >= 0.3 is 0 Å². The van der Waals surface area contributed by atoms with Crippen LogP contribution in [0.25, 0.3) is 0 Å². The van der Waals surface area contributed by atoms with Gasteiger partial charge in [0.1, 0.15) is 5.69 Å². The molecular weight excluding hydrogens is 314 g/mol. The number of benzene rings is 1. The number of piperidine rings is 1. The highest BCUT2D eigenvalue weighted by Gasteiger charge is 2.23. The van der Waals surface area contributed by atoms with Crippen molar-refractivity contribution in [3.63, 3.8) is 0 Å². The Hall–Kier alpha value is -2.94. The molecular formula is C19H21N5O. The quantitative estimate of drug-likeness (QED) is 0.926. The molecule has 6 heteroatoms. The summed E-state index contributed by atoms with van der Waals surface area (Å²) < 4.78 is 0. The van der Waals surface area contributed by atoms with Gasteiger partial charge in [0, 0.05) is 24.5 Å². The number of hydrogen-bond acceptors (Lipinski definition) is 5. The van der Waals surface area contributed by atoms with E-state index in [1.165, 1.54) is 6.42 Å². The molecule has 1 aromatic heterocycles. The van der Waals surface area contributed by atoms with Gasteiger partial charge in [-0.1, -0.05) is 13.0 Å².